The fraction of sp³-hybridized carbons (Fsp3) is 0.263. The van der Waals surface area contributed by atoms with Crippen LogP contribution in [0.15, 0.2) is 42.5 Å². The van der Waals surface area contributed by atoms with E-state index in [1.54, 1.807) is 30.3 Å². The molecule has 4 rings (SSSR count). The van der Waals surface area contributed by atoms with Crippen LogP contribution in [0.5, 0.6) is 11.5 Å². The van der Waals surface area contributed by atoms with Crippen LogP contribution in [0.3, 0.4) is 0 Å². The van der Waals surface area contributed by atoms with Crippen molar-refractivity contribution in [2.45, 2.75) is 13.0 Å². The van der Waals surface area contributed by atoms with Crippen molar-refractivity contribution < 1.29 is 19.8 Å². The van der Waals surface area contributed by atoms with E-state index in [0.717, 1.165) is 35.5 Å². The number of benzene rings is 2. The molecule has 0 unspecified atom stereocenters. The van der Waals surface area contributed by atoms with Crippen LogP contribution in [-0.4, -0.2) is 47.2 Å². The Hall–Kier alpha value is -3.06. The largest absolute Gasteiger partial charge is 0.508 e. The third-order valence-electron chi connectivity index (χ3n) is 4.35. The van der Waals surface area contributed by atoms with Crippen LogP contribution in [0, 0.1) is 0 Å². The molecule has 2 aromatic rings. The number of nitrogens with zero attached hydrogens (tertiary/aromatic N) is 2. The quantitative estimate of drug-likeness (QED) is 0.679. The number of carbonyl (C=O) groups is 2. The highest BCUT2D eigenvalue weighted by molar-refractivity contribution is 6.19. The molecule has 7 heteroatoms. The number of carbonyl (C=O) groups excluding carboxylic acids is 2. The second-order valence-electron chi connectivity index (χ2n) is 6.31. The summed E-state index contributed by atoms with van der Waals surface area (Å²) in [5, 5.41) is 21.3. The van der Waals surface area contributed by atoms with Gasteiger partial charge in [-0.2, -0.15) is 0 Å². The van der Waals surface area contributed by atoms with Crippen LogP contribution < -0.4 is 10.2 Å². The molecule has 26 heavy (non-hydrogen) atoms. The number of hydrogen-bond donors (Lipinski definition) is 3. The maximum Gasteiger partial charge on any atom is 0.329 e. The summed E-state index contributed by atoms with van der Waals surface area (Å²) in [5.74, 6) is 0.151. The van der Waals surface area contributed by atoms with Crippen LogP contribution in [0.2, 0.25) is 0 Å². The van der Waals surface area contributed by atoms with Crippen LogP contribution in [0.4, 0.5) is 10.5 Å². The molecule has 0 bridgehead atoms. The average molecular weight is 355 g/mol. The van der Waals surface area contributed by atoms with E-state index < -0.39 is 0 Å². The number of imide groups is 1. The summed E-state index contributed by atoms with van der Waals surface area (Å²) in [6.45, 7) is 1.84. The average Bonchev–Trinajstić information content (AvgIpc) is 2.95. The molecule has 2 aromatic carbocycles. The third-order valence-corrected chi connectivity index (χ3v) is 4.35. The van der Waals surface area contributed by atoms with Gasteiger partial charge in [0, 0.05) is 24.7 Å². The number of likely N-dealkylation sites (N-methyl/N-ethyl adjacent to an activating group) is 1. The van der Waals surface area contributed by atoms with E-state index in [9.17, 15) is 19.8 Å². The summed E-state index contributed by atoms with van der Waals surface area (Å²) < 4.78 is 0. The Balaban J connectivity index is 0.000000151. The zero-order valence-electron chi connectivity index (χ0n) is 14.5. The molecule has 1 fully saturated rings. The number of nitrogens with one attached hydrogen (secondary N) is 1. The Labute approximate surface area is 151 Å². The Kier molecular flexibility index (Phi) is 5.09. The molecule has 1 saturated heterocycles. The number of phenolic OH excluding ortho intramolecular Hbond substituents is 2. The van der Waals surface area contributed by atoms with Gasteiger partial charge < -0.3 is 20.4 Å². The number of hydrogen-bond acceptors (Lipinski definition) is 5. The van der Waals surface area contributed by atoms with E-state index in [-0.39, 0.29) is 30.0 Å². The number of urea groups is 1. The molecule has 0 aliphatic carbocycles. The number of amides is 3. The van der Waals surface area contributed by atoms with Gasteiger partial charge in [0.2, 0.25) is 0 Å². The molecular weight excluding hydrogens is 334 g/mol. The molecule has 0 atom stereocenters. The lowest BCUT2D eigenvalue weighted by atomic mass is 9.99. The lowest BCUT2D eigenvalue weighted by Crippen LogP contribution is -2.30. The van der Waals surface area contributed by atoms with Gasteiger partial charge in [-0.05, 0) is 37.2 Å². The summed E-state index contributed by atoms with van der Waals surface area (Å²) in [7, 11) is 2.02. The first-order valence-corrected chi connectivity index (χ1v) is 8.34. The van der Waals surface area contributed by atoms with E-state index in [2.05, 4.69) is 10.2 Å². The maximum absolute atomic E-state index is 11.2. The normalized spacial score (nSPS) is 16.6. The molecule has 2 aliphatic rings. The van der Waals surface area contributed by atoms with Crippen molar-refractivity contribution in [2.24, 2.45) is 0 Å². The minimum absolute atomic E-state index is 0.0910. The lowest BCUT2D eigenvalue weighted by Gasteiger charge is -2.25. The first-order chi connectivity index (χ1) is 12.5. The number of aromatic hydroxyl groups is 2. The Morgan fingerprint density at radius 2 is 1.81 bits per heavy atom. The van der Waals surface area contributed by atoms with Gasteiger partial charge >= 0.3 is 6.03 Å². The molecule has 7 nitrogen and oxygen atoms in total. The highest BCUT2D eigenvalue weighted by Crippen LogP contribution is 2.30. The predicted octanol–water partition coefficient (Wildman–Crippen LogP) is 1.83. The summed E-state index contributed by atoms with van der Waals surface area (Å²) >= 11 is 0. The highest BCUT2D eigenvalue weighted by Gasteiger charge is 2.29. The highest BCUT2D eigenvalue weighted by atomic mass is 16.3. The molecule has 3 amide bonds. The number of phenols is 2. The van der Waals surface area contributed by atoms with Gasteiger partial charge in [-0.25, -0.2) is 9.69 Å². The molecule has 136 valence electrons. The summed E-state index contributed by atoms with van der Waals surface area (Å²) in [4.78, 5) is 25.7. The van der Waals surface area contributed by atoms with Gasteiger partial charge in [-0.3, -0.25) is 4.79 Å². The Morgan fingerprint density at radius 3 is 2.46 bits per heavy atom. The molecule has 0 saturated carbocycles. The van der Waals surface area contributed by atoms with Crippen molar-refractivity contribution in [2.75, 3.05) is 25.0 Å². The maximum atomic E-state index is 11.2. The van der Waals surface area contributed by atoms with Gasteiger partial charge in [0.25, 0.3) is 5.91 Å². The zero-order valence-corrected chi connectivity index (χ0v) is 14.5. The molecular formula is C19H21N3O4. The number of rotatable bonds is 1. The smallest absolute Gasteiger partial charge is 0.329 e. The van der Waals surface area contributed by atoms with Crippen molar-refractivity contribution in [1.29, 1.82) is 0 Å². The second kappa shape index (κ2) is 7.45. The fourth-order valence-corrected chi connectivity index (χ4v) is 3.03. The van der Waals surface area contributed by atoms with Crippen LogP contribution in [-0.2, 0) is 17.8 Å². The van der Waals surface area contributed by atoms with Gasteiger partial charge in [0.1, 0.15) is 11.5 Å². The number of para-hydroxylation sites is 1. The minimum atomic E-state index is -0.351. The molecule has 0 aromatic heterocycles. The van der Waals surface area contributed by atoms with Crippen molar-refractivity contribution >= 4 is 17.6 Å². The van der Waals surface area contributed by atoms with E-state index in [1.165, 1.54) is 6.07 Å². The van der Waals surface area contributed by atoms with Gasteiger partial charge in [-0.1, -0.05) is 18.2 Å². The standard InChI is InChI=1S/C10H13NO2.C9H8N2O2/c1-11-3-2-7-4-8(12)5-10(13)9(7)6-11;12-8-6-10-9(13)11(8)7-4-2-1-3-5-7/h4-5,12-13H,2-3,6H2,1H3;1-5H,6H2,(H,10,13). The molecule has 2 heterocycles. The second-order valence-corrected chi connectivity index (χ2v) is 6.31. The molecule has 2 aliphatic heterocycles. The van der Waals surface area contributed by atoms with E-state index in [4.69, 9.17) is 0 Å². The summed E-state index contributed by atoms with van der Waals surface area (Å²) in [6, 6.07) is 11.6. The Bertz CT molecular complexity index is 807. The lowest BCUT2D eigenvalue weighted by molar-refractivity contribution is -0.115. The third kappa shape index (κ3) is 3.78. The predicted molar refractivity (Wildman–Crippen MR) is 97.1 cm³/mol. The van der Waals surface area contributed by atoms with E-state index in [0.29, 0.717) is 5.69 Å². The molecule has 0 radical (unpaired) electrons. The molecule has 0 spiro atoms. The number of fused-ring (bicyclic) bond motifs is 1. The first kappa shape index (κ1) is 17.8. The van der Waals surface area contributed by atoms with Crippen LogP contribution in [0.25, 0.3) is 0 Å². The van der Waals surface area contributed by atoms with E-state index >= 15 is 0 Å². The first-order valence-electron chi connectivity index (χ1n) is 8.34. The van der Waals surface area contributed by atoms with Crippen molar-refractivity contribution in [1.82, 2.24) is 10.2 Å². The van der Waals surface area contributed by atoms with Crippen LogP contribution in [0.1, 0.15) is 11.1 Å². The van der Waals surface area contributed by atoms with Crippen molar-refractivity contribution in [3.63, 3.8) is 0 Å². The zero-order chi connectivity index (χ0) is 18.7. The van der Waals surface area contributed by atoms with Gasteiger partial charge in [0.05, 0.1) is 12.2 Å². The summed E-state index contributed by atoms with van der Waals surface area (Å²) in [5.41, 5.74) is 2.63. The SMILES string of the molecule is CN1CCc2cc(O)cc(O)c2C1.O=C1CNC(=O)N1c1ccccc1. The number of anilines is 1. The van der Waals surface area contributed by atoms with Gasteiger partial charge in [-0.15, -0.1) is 0 Å². The molecule has 3 N–H and O–H groups in total. The topological polar surface area (TPSA) is 93.1 Å². The Morgan fingerprint density at radius 1 is 1.08 bits per heavy atom. The minimum Gasteiger partial charge on any atom is -0.508 e. The summed E-state index contributed by atoms with van der Waals surface area (Å²) in [6.07, 6.45) is 0.897. The van der Waals surface area contributed by atoms with Crippen molar-refractivity contribution in [3.8, 4) is 11.5 Å². The van der Waals surface area contributed by atoms with Crippen molar-refractivity contribution in [3.05, 3.63) is 53.6 Å². The van der Waals surface area contributed by atoms with Crippen LogP contribution >= 0.6 is 0 Å². The van der Waals surface area contributed by atoms with Gasteiger partial charge in [0.15, 0.2) is 0 Å². The fourth-order valence-electron chi connectivity index (χ4n) is 3.03. The monoisotopic (exact) mass is 355 g/mol. The van der Waals surface area contributed by atoms with E-state index in [1.807, 2.05) is 13.1 Å².